The largest absolute Gasteiger partial charge is 0.348 e. The van der Waals surface area contributed by atoms with Gasteiger partial charge in [-0.3, -0.25) is 14.2 Å². The second kappa shape index (κ2) is 7.88. The second-order valence-corrected chi connectivity index (χ2v) is 6.52. The Hall–Kier alpha value is -3.73. The van der Waals surface area contributed by atoms with Crippen LogP contribution < -0.4 is 10.9 Å². The zero-order valence-corrected chi connectivity index (χ0v) is 15.2. The molecule has 0 fully saturated rings. The molecular weight excluding hydrogens is 350 g/mol. The van der Waals surface area contributed by atoms with Crippen molar-refractivity contribution in [3.8, 4) is 0 Å². The van der Waals surface area contributed by atoms with E-state index in [1.165, 1.54) is 0 Å². The fourth-order valence-electron chi connectivity index (χ4n) is 3.16. The van der Waals surface area contributed by atoms with Gasteiger partial charge in [0.2, 0.25) is 0 Å². The first-order chi connectivity index (χ1) is 13.7. The number of aromatic nitrogens is 2. The van der Waals surface area contributed by atoms with Gasteiger partial charge in [0, 0.05) is 18.1 Å². The third-order valence-corrected chi connectivity index (χ3v) is 4.57. The topological polar surface area (TPSA) is 64.0 Å². The molecule has 0 aliphatic carbocycles. The van der Waals surface area contributed by atoms with E-state index < -0.39 is 0 Å². The van der Waals surface area contributed by atoms with Crippen molar-refractivity contribution in [3.05, 3.63) is 112 Å². The lowest BCUT2D eigenvalue weighted by molar-refractivity contribution is 0.0949. The zero-order valence-electron chi connectivity index (χ0n) is 15.2. The number of nitrogens with zero attached hydrogens (tertiary/aromatic N) is 2. The smallest absolute Gasteiger partial charge is 0.265 e. The molecule has 5 heteroatoms. The maximum atomic E-state index is 13.1. The molecule has 28 heavy (non-hydrogen) atoms. The monoisotopic (exact) mass is 369 g/mol. The first-order valence-corrected chi connectivity index (χ1v) is 9.07. The Morgan fingerprint density at radius 1 is 0.893 bits per heavy atom. The van der Waals surface area contributed by atoms with Crippen molar-refractivity contribution >= 4 is 16.9 Å². The number of carbonyl (C=O) groups is 1. The van der Waals surface area contributed by atoms with Crippen LogP contribution in [0.25, 0.3) is 11.0 Å². The summed E-state index contributed by atoms with van der Waals surface area (Å²) in [6, 6.07) is 24.5. The quantitative estimate of drug-likeness (QED) is 0.587. The van der Waals surface area contributed by atoms with E-state index in [2.05, 4.69) is 10.3 Å². The Morgan fingerprint density at radius 3 is 2.29 bits per heavy atom. The van der Waals surface area contributed by atoms with Gasteiger partial charge in [-0.05, 0) is 29.3 Å². The van der Waals surface area contributed by atoms with Crippen LogP contribution in [-0.4, -0.2) is 15.5 Å². The molecule has 2 aromatic heterocycles. The van der Waals surface area contributed by atoms with Gasteiger partial charge in [0.05, 0.1) is 6.54 Å². The van der Waals surface area contributed by atoms with Crippen molar-refractivity contribution < 1.29 is 4.79 Å². The Labute approximate surface area is 162 Å². The van der Waals surface area contributed by atoms with Crippen molar-refractivity contribution in [3.63, 3.8) is 0 Å². The normalized spacial score (nSPS) is 10.7. The Morgan fingerprint density at radius 2 is 1.57 bits per heavy atom. The van der Waals surface area contributed by atoms with E-state index in [0.29, 0.717) is 18.7 Å². The van der Waals surface area contributed by atoms with Crippen molar-refractivity contribution in [2.24, 2.45) is 0 Å². The molecule has 0 aliphatic heterocycles. The predicted octanol–water partition coefficient (Wildman–Crippen LogP) is 3.37. The minimum atomic E-state index is -0.388. The van der Waals surface area contributed by atoms with Gasteiger partial charge in [0.25, 0.3) is 11.5 Å². The molecular formula is C23H19N3O2. The Balaban J connectivity index is 1.71. The summed E-state index contributed by atoms with van der Waals surface area (Å²) in [6.07, 6.45) is 1.65. The van der Waals surface area contributed by atoms with Gasteiger partial charge in [0.15, 0.2) is 0 Å². The molecule has 1 N–H and O–H groups in total. The summed E-state index contributed by atoms with van der Waals surface area (Å²) in [5.74, 6) is -0.388. The SMILES string of the molecule is O=C(NCc1ccccc1)c1cc2cccnc2n(Cc2ccccc2)c1=O. The Kier molecular flexibility index (Phi) is 4.97. The number of carbonyl (C=O) groups excluding carboxylic acids is 1. The number of rotatable bonds is 5. The molecule has 0 unspecified atom stereocenters. The standard InChI is InChI=1S/C23H19N3O2/c27-22(25-15-17-8-3-1-4-9-17)20-14-19-12-7-13-24-21(19)26(23(20)28)16-18-10-5-2-6-11-18/h1-14H,15-16H2,(H,25,27). The molecule has 0 aliphatic rings. The zero-order chi connectivity index (χ0) is 19.3. The summed E-state index contributed by atoms with van der Waals surface area (Å²) in [4.78, 5) is 30.2. The predicted molar refractivity (Wildman–Crippen MR) is 109 cm³/mol. The first-order valence-electron chi connectivity index (χ1n) is 9.07. The van der Waals surface area contributed by atoms with Crippen LogP contribution in [0.1, 0.15) is 21.5 Å². The molecule has 2 heterocycles. The summed E-state index contributed by atoms with van der Waals surface area (Å²) < 4.78 is 1.56. The average Bonchev–Trinajstić information content (AvgIpc) is 2.75. The van der Waals surface area contributed by atoms with Crippen LogP contribution in [0.4, 0.5) is 0 Å². The van der Waals surface area contributed by atoms with E-state index in [1.54, 1.807) is 22.9 Å². The maximum Gasteiger partial charge on any atom is 0.265 e. The maximum absolute atomic E-state index is 13.1. The molecule has 1 amide bonds. The molecule has 0 saturated heterocycles. The summed E-state index contributed by atoms with van der Waals surface area (Å²) in [7, 11) is 0. The minimum Gasteiger partial charge on any atom is -0.348 e. The fraction of sp³-hybridized carbons (Fsp3) is 0.0870. The van der Waals surface area contributed by atoms with Gasteiger partial charge in [-0.1, -0.05) is 60.7 Å². The third kappa shape index (κ3) is 3.69. The van der Waals surface area contributed by atoms with E-state index in [-0.39, 0.29) is 17.0 Å². The highest BCUT2D eigenvalue weighted by atomic mass is 16.2. The average molecular weight is 369 g/mol. The van der Waals surface area contributed by atoms with Crippen LogP contribution in [0.15, 0.2) is 89.9 Å². The Bertz CT molecular complexity index is 1170. The van der Waals surface area contributed by atoms with Gasteiger partial charge >= 0.3 is 0 Å². The van der Waals surface area contributed by atoms with Crippen LogP contribution in [0.3, 0.4) is 0 Å². The minimum absolute atomic E-state index is 0.118. The number of hydrogen-bond acceptors (Lipinski definition) is 3. The van der Waals surface area contributed by atoms with Gasteiger partial charge in [0.1, 0.15) is 11.2 Å². The van der Waals surface area contributed by atoms with Crippen LogP contribution >= 0.6 is 0 Å². The van der Waals surface area contributed by atoms with E-state index in [0.717, 1.165) is 16.5 Å². The molecule has 4 aromatic rings. The fourth-order valence-corrected chi connectivity index (χ4v) is 3.16. The lowest BCUT2D eigenvalue weighted by Crippen LogP contribution is -2.33. The number of amides is 1. The van der Waals surface area contributed by atoms with E-state index >= 15 is 0 Å². The molecule has 4 rings (SSSR count). The molecule has 138 valence electrons. The molecule has 5 nitrogen and oxygen atoms in total. The summed E-state index contributed by atoms with van der Waals surface area (Å²) in [5.41, 5.74) is 2.28. The molecule has 2 aromatic carbocycles. The number of pyridine rings is 2. The van der Waals surface area contributed by atoms with Crippen molar-refractivity contribution in [2.75, 3.05) is 0 Å². The highest BCUT2D eigenvalue weighted by molar-refractivity contribution is 5.96. The van der Waals surface area contributed by atoms with Crippen LogP contribution in [0.2, 0.25) is 0 Å². The molecule has 0 saturated carbocycles. The van der Waals surface area contributed by atoms with Crippen LogP contribution in [0, 0.1) is 0 Å². The lowest BCUT2D eigenvalue weighted by Gasteiger charge is -2.12. The van der Waals surface area contributed by atoms with Crippen LogP contribution in [0.5, 0.6) is 0 Å². The van der Waals surface area contributed by atoms with Crippen LogP contribution in [-0.2, 0) is 13.1 Å². The number of hydrogen-bond donors (Lipinski definition) is 1. The summed E-state index contributed by atoms with van der Waals surface area (Å²) in [5, 5.41) is 3.59. The van der Waals surface area contributed by atoms with Gasteiger partial charge < -0.3 is 5.32 Å². The summed E-state index contributed by atoms with van der Waals surface area (Å²) in [6.45, 7) is 0.718. The lowest BCUT2D eigenvalue weighted by atomic mass is 10.1. The number of fused-ring (bicyclic) bond motifs is 1. The number of benzene rings is 2. The third-order valence-electron chi connectivity index (χ3n) is 4.57. The first kappa shape index (κ1) is 17.7. The van der Waals surface area contributed by atoms with Gasteiger partial charge in [-0.15, -0.1) is 0 Å². The van der Waals surface area contributed by atoms with E-state index in [1.807, 2.05) is 66.7 Å². The summed E-state index contributed by atoms with van der Waals surface area (Å²) >= 11 is 0. The molecule has 0 atom stereocenters. The van der Waals surface area contributed by atoms with E-state index in [4.69, 9.17) is 0 Å². The van der Waals surface area contributed by atoms with E-state index in [9.17, 15) is 9.59 Å². The molecule has 0 bridgehead atoms. The second-order valence-electron chi connectivity index (χ2n) is 6.52. The van der Waals surface area contributed by atoms with Gasteiger partial charge in [-0.25, -0.2) is 4.98 Å². The molecule has 0 radical (unpaired) electrons. The van der Waals surface area contributed by atoms with Crippen molar-refractivity contribution in [1.29, 1.82) is 0 Å². The highest BCUT2D eigenvalue weighted by Gasteiger charge is 2.16. The van der Waals surface area contributed by atoms with Crippen molar-refractivity contribution in [1.82, 2.24) is 14.9 Å². The highest BCUT2D eigenvalue weighted by Crippen LogP contribution is 2.13. The van der Waals surface area contributed by atoms with Crippen molar-refractivity contribution in [2.45, 2.75) is 13.1 Å². The molecule has 0 spiro atoms. The van der Waals surface area contributed by atoms with Gasteiger partial charge in [-0.2, -0.15) is 0 Å². The number of nitrogens with one attached hydrogen (secondary N) is 1.